The van der Waals surface area contributed by atoms with Crippen molar-refractivity contribution in [1.29, 1.82) is 5.41 Å². The van der Waals surface area contributed by atoms with Crippen LogP contribution in [0.15, 0.2) is 30.6 Å². The van der Waals surface area contributed by atoms with Gasteiger partial charge in [0.15, 0.2) is 0 Å². The zero-order valence-corrected chi connectivity index (χ0v) is 18.1. The van der Waals surface area contributed by atoms with Gasteiger partial charge in [-0.15, -0.1) is 0 Å². The third-order valence-electron chi connectivity index (χ3n) is 4.45. The normalized spacial score (nSPS) is 11.7. The van der Waals surface area contributed by atoms with Crippen LogP contribution in [0.2, 0.25) is 0 Å². The van der Waals surface area contributed by atoms with E-state index in [4.69, 9.17) is 11.1 Å². The maximum absolute atomic E-state index is 12.4. The second-order valence-corrected chi connectivity index (χ2v) is 8.82. The molecule has 2 aromatic heterocycles. The largest absolute Gasteiger partial charge is 0.383 e. The molecule has 2 heterocycles. The van der Waals surface area contributed by atoms with Crippen LogP contribution in [0, 0.1) is 11.3 Å². The van der Waals surface area contributed by atoms with Gasteiger partial charge >= 0.3 is 0 Å². The Morgan fingerprint density at radius 2 is 1.97 bits per heavy atom. The van der Waals surface area contributed by atoms with Crippen molar-refractivity contribution in [3.63, 3.8) is 0 Å². The monoisotopic (exact) mass is 407 g/mol. The van der Waals surface area contributed by atoms with Crippen molar-refractivity contribution in [2.24, 2.45) is 5.92 Å². The number of aromatic nitrogens is 3. The molecule has 0 spiro atoms. The molecule has 158 valence electrons. The van der Waals surface area contributed by atoms with Crippen molar-refractivity contribution in [2.45, 2.75) is 40.2 Å². The van der Waals surface area contributed by atoms with Gasteiger partial charge in [0.2, 0.25) is 0 Å². The topological polar surface area (TPSA) is 133 Å². The number of nitrogens with one attached hydrogen (secondary N) is 4. The Labute approximate surface area is 176 Å². The van der Waals surface area contributed by atoms with Crippen molar-refractivity contribution in [3.05, 3.63) is 47.4 Å². The average molecular weight is 408 g/mol. The van der Waals surface area contributed by atoms with Gasteiger partial charge in [-0.25, -0.2) is 9.97 Å². The lowest BCUT2D eigenvalue weighted by molar-refractivity contribution is 0.0945. The molecule has 0 atom stereocenters. The fourth-order valence-electron chi connectivity index (χ4n) is 3.04. The van der Waals surface area contributed by atoms with Gasteiger partial charge < -0.3 is 21.4 Å². The zero-order valence-electron chi connectivity index (χ0n) is 18.1. The molecular formula is C22H29N7O. The summed E-state index contributed by atoms with van der Waals surface area (Å²) in [4.78, 5) is 23.9. The summed E-state index contributed by atoms with van der Waals surface area (Å²) in [5, 5.41) is 15.8. The fraction of sp³-hybridized carbons (Fsp3) is 0.364. The second-order valence-electron chi connectivity index (χ2n) is 8.82. The van der Waals surface area contributed by atoms with Crippen LogP contribution >= 0.6 is 0 Å². The number of carbonyl (C=O) groups is 1. The number of anilines is 2. The highest BCUT2D eigenvalue weighted by molar-refractivity contribution is 6.17. The van der Waals surface area contributed by atoms with Gasteiger partial charge in [0.05, 0.1) is 11.3 Å². The van der Waals surface area contributed by atoms with E-state index in [-0.39, 0.29) is 23.0 Å². The minimum absolute atomic E-state index is 0.145. The molecule has 0 aliphatic rings. The van der Waals surface area contributed by atoms with E-state index >= 15 is 0 Å². The quantitative estimate of drug-likeness (QED) is 0.399. The minimum atomic E-state index is -0.252. The molecule has 3 rings (SSSR count). The van der Waals surface area contributed by atoms with Gasteiger partial charge in [-0.1, -0.05) is 26.0 Å². The molecule has 0 aliphatic carbocycles. The number of fused-ring (bicyclic) bond motifs is 1. The smallest absolute Gasteiger partial charge is 0.267 e. The van der Waals surface area contributed by atoms with Crippen LogP contribution in [-0.4, -0.2) is 38.7 Å². The molecule has 0 saturated carbocycles. The summed E-state index contributed by atoms with van der Waals surface area (Å²) in [5.41, 5.74) is 8.42. The third kappa shape index (κ3) is 4.76. The first-order valence-corrected chi connectivity index (χ1v) is 9.94. The maximum atomic E-state index is 12.4. The van der Waals surface area contributed by atoms with E-state index in [0.717, 1.165) is 10.9 Å². The number of hydrogen-bond acceptors (Lipinski definition) is 6. The summed E-state index contributed by atoms with van der Waals surface area (Å²) < 4.78 is 0. The van der Waals surface area contributed by atoms with Crippen molar-refractivity contribution < 1.29 is 4.79 Å². The maximum Gasteiger partial charge on any atom is 0.267 e. The zero-order chi connectivity index (χ0) is 22.1. The molecule has 0 unspecified atom stereocenters. The van der Waals surface area contributed by atoms with E-state index in [1.54, 1.807) is 0 Å². The summed E-state index contributed by atoms with van der Waals surface area (Å²) in [7, 11) is 0. The molecule has 1 aromatic carbocycles. The molecule has 1 amide bonds. The van der Waals surface area contributed by atoms with Crippen molar-refractivity contribution in [1.82, 2.24) is 20.3 Å². The predicted molar refractivity (Wildman–Crippen MR) is 121 cm³/mol. The number of H-pyrrole nitrogens is 1. The number of benzene rings is 1. The Morgan fingerprint density at radius 1 is 1.23 bits per heavy atom. The average Bonchev–Trinajstić information content (AvgIpc) is 3.08. The van der Waals surface area contributed by atoms with Crippen LogP contribution < -0.4 is 16.4 Å². The van der Waals surface area contributed by atoms with Gasteiger partial charge in [0.1, 0.15) is 23.7 Å². The lowest BCUT2D eigenvalue weighted by Crippen LogP contribution is -2.28. The molecule has 0 bridgehead atoms. The molecular weight excluding hydrogens is 378 g/mol. The molecule has 0 radical (unpaired) electrons. The van der Waals surface area contributed by atoms with E-state index in [2.05, 4.69) is 25.6 Å². The lowest BCUT2D eigenvalue weighted by atomic mass is 10.0. The molecule has 0 fully saturated rings. The Kier molecular flexibility index (Phi) is 5.78. The second kappa shape index (κ2) is 8.14. The molecule has 30 heavy (non-hydrogen) atoms. The number of amides is 1. The van der Waals surface area contributed by atoms with E-state index in [1.165, 1.54) is 6.33 Å². The van der Waals surface area contributed by atoms with E-state index in [0.29, 0.717) is 35.1 Å². The standard InChI is InChI=1S/C22H29N7O/c1-12(2)10-25-21(30)16-8-13-6-7-14(9-15(13)28-16)18(23)17-19(24)26-11-27-20(17)29-22(3,4)5/h6-9,11-12,23,28H,10H2,1-5H3,(H,25,30)(H3,24,26,27,29). The number of carbonyl (C=O) groups excluding carboxylic acids is 1. The van der Waals surface area contributed by atoms with E-state index in [9.17, 15) is 4.79 Å². The van der Waals surface area contributed by atoms with Crippen LogP contribution in [0.4, 0.5) is 11.6 Å². The Morgan fingerprint density at radius 3 is 2.63 bits per heavy atom. The number of nitrogens with zero attached hydrogens (tertiary/aromatic N) is 2. The van der Waals surface area contributed by atoms with Crippen LogP contribution in [0.1, 0.15) is 56.2 Å². The van der Waals surface area contributed by atoms with Gasteiger partial charge in [-0.2, -0.15) is 0 Å². The number of nitrogen functional groups attached to an aromatic ring is 1. The SMILES string of the molecule is CC(C)CNC(=O)c1cc2ccc(C(=N)c3c(N)ncnc3NC(C)(C)C)cc2[nH]1. The van der Waals surface area contributed by atoms with Crippen LogP contribution in [0.5, 0.6) is 0 Å². The molecule has 8 nitrogen and oxygen atoms in total. The van der Waals surface area contributed by atoms with Gasteiger partial charge in [-0.3, -0.25) is 10.2 Å². The fourth-order valence-corrected chi connectivity index (χ4v) is 3.04. The highest BCUT2D eigenvalue weighted by atomic mass is 16.1. The first kappa shape index (κ1) is 21.3. The van der Waals surface area contributed by atoms with Crippen LogP contribution in [0.3, 0.4) is 0 Å². The first-order valence-electron chi connectivity index (χ1n) is 9.94. The summed E-state index contributed by atoms with van der Waals surface area (Å²) in [6.07, 6.45) is 1.39. The predicted octanol–water partition coefficient (Wildman–Crippen LogP) is 3.55. The number of nitrogens with two attached hydrogens (primary N) is 1. The van der Waals surface area contributed by atoms with E-state index < -0.39 is 0 Å². The lowest BCUT2D eigenvalue weighted by Gasteiger charge is -2.23. The molecule has 6 N–H and O–H groups in total. The van der Waals surface area contributed by atoms with Crippen molar-refractivity contribution >= 4 is 34.2 Å². The van der Waals surface area contributed by atoms with Crippen LogP contribution in [-0.2, 0) is 0 Å². The Bertz CT molecular complexity index is 1090. The van der Waals surface area contributed by atoms with Gasteiger partial charge in [0.25, 0.3) is 5.91 Å². The third-order valence-corrected chi connectivity index (χ3v) is 4.45. The van der Waals surface area contributed by atoms with E-state index in [1.807, 2.05) is 58.9 Å². The van der Waals surface area contributed by atoms with Gasteiger partial charge in [0, 0.05) is 28.6 Å². The molecule has 8 heteroatoms. The van der Waals surface area contributed by atoms with Crippen molar-refractivity contribution in [2.75, 3.05) is 17.6 Å². The number of aromatic amines is 1. The molecule has 0 saturated heterocycles. The minimum Gasteiger partial charge on any atom is -0.383 e. The molecule has 0 aliphatic heterocycles. The summed E-state index contributed by atoms with van der Waals surface area (Å²) in [5.74, 6) is 0.983. The number of rotatable bonds is 6. The highest BCUT2D eigenvalue weighted by Crippen LogP contribution is 2.26. The first-order chi connectivity index (χ1) is 14.0. The molecule has 3 aromatic rings. The summed E-state index contributed by atoms with van der Waals surface area (Å²) in [6, 6.07) is 7.36. The summed E-state index contributed by atoms with van der Waals surface area (Å²) >= 11 is 0. The highest BCUT2D eigenvalue weighted by Gasteiger charge is 2.20. The Hall–Kier alpha value is -3.42. The van der Waals surface area contributed by atoms with Gasteiger partial charge in [-0.05, 0) is 38.8 Å². The summed E-state index contributed by atoms with van der Waals surface area (Å²) in [6.45, 7) is 10.7. The Balaban J connectivity index is 1.94. The van der Waals surface area contributed by atoms with Crippen LogP contribution in [0.25, 0.3) is 10.9 Å². The number of hydrogen-bond donors (Lipinski definition) is 5. The van der Waals surface area contributed by atoms with Crippen molar-refractivity contribution in [3.8, 4) is 0 Å².